The minimum absolute atomic E-state index is 0.0828. The fraction of sp³-hybridized carbons (Fsp3) is 0.385. The summed E-state index contributed by atoms with van der Waals surface area (Å²) in [4.78, 5) is 23.3. The molecular weight excluding hydrogens is 310 g/mol. The van der Waals surface area contributed by atoms with Gasteiger partial charge in [-0.2, -0.15) is 0 Å². The summed E-state index contributed by atoms with van der Waals surface area (Å²) in [7, 11) is 0. The van der Waals surface area contributed by atoms with Crippen molar-refractivity contribution in [2.24, 2.45) is 5.92 Å². The van der Waals surface area contributed by atoms with Gasteiger partial charge in [-0.05, 0) is 40.9 Å². The highest BCUT2D eigenvalue weighted by atomic mass is 79.9. The quantitative estimate of drug-likeness (QED) is 0.563. The van der Waals surface area contributed by atoms with Gasteiger partial charge in [0.15, 0.2) is 0 Å². The van der Waals surface area contributed by atoms with Crippen molar-refractivity contribution < 1.29 is 9.59 Å². The van der Waals surface area contributed by atoms with Crippen molar-refractivity contribution in [3.63, 3.8) is 0 Å². The molecule has 0 spiro atoms. The summed E-state index contributed by atoms with van der Waals surface area (Å²) in [6, 6.07) is 5.14. The molecule has 1 fully saturated rings. The van der Waals surface area contributed by atoms with Crippen LogP contribution in [0.25, 0.3) is 0 Å². The van der Waals surface area contributed by atoms with E-state index >= 15 is 0 Å². The van der Waals surface area contributed by atoms with Gasteiger partial charge in [-0.1, -0.05) is 6.07 Å². The number of hydrogen-bond donors (Lipinski definition) is 3. The number of nitrogen functional groups attached to an aromatic ring is 1. The Balaban J connectivity index is 1.77. The van der Waals surface area contributed by atoms with Gasteiger partial charge >= 0.3 is 0 Å². The third-order valence-corrected chi connectivity index (χ3v) is 3.82. The highest BCUT2D eigenvalue weighted by molar-refractivity contribution is 9.10. The number of carbonyl (C=O) groups excluding carboxylic acids is 2. The Labute approximate surface area is 120 Å². The Bertz CT molecular complexity index is 501. The van der Waals surface area contributed by atoms with Crippen LogP contribution in [0.1, 0.15) is 23.2 Å². The number of hydrogen-bond acceptors (Lipinski definition) is 3. The summed E-state index contributed by atoms with van der Waals surface area (Å²) >= 11 is 3.28. The van der Waals surface area contributed by atoms with Gasteiger partial charge in [-0.15, -0.1) is 0 Å². The zero-order chi connectivity index (χ0) is 13.8. The minimum atomic E-state index is -0.208. The Morgan fingerprint density at radius 1 is 1.26 bits per heavy atom. The summed E-state index contributed by atoms with van der Waals surface area (Å²) in [6.07, 6.45) is 1.96. The maximum absolute atomic E-state index is 11.9. The second kappa shape index (κ2) is 6.06. The summed E-state index contributed by atoms with van der Waals surface area (Å²) in [6.45, 7) is 0.847. The third kappa shape index (κ3) is 3.70. The lowest BCUT2D eigenvalue weighted by Crippen LogP contribution is -2.35. The minimum Gasteiger partial charge on any atom is -0.398 e. The smallest absolute Gasteiger partial charge is 0.252 e. The molecule has 0 aromatic heterocycles. The van der Waals surface area contributed by atoms with Crippen LogP contribution in [0, 0.1) is 5.92 Å². The SMILES string of the molecule is Nc1cccc(C(=O)NCCNC(=O)C2CC2)c1Br. The average Bonchev–Trinajstić information content (AvgIpc) is 3.21. The van der Waals surface area contributed by atoms with E-state index in [1.165, 1.54) is 0 Å². The molecule has 0 unspecified atom stereocenters. The zero-order valence-corrected chi connectivity index (χ0v) is 12.0. The molecule has 0 heterocycles. The van der Waals surface area contributed by atoms with Crippen LogP contribution in [0.5, 0.6) is 0 Å². The number of amides is 2. The lowest BCUT2D eigenvalue weighted by Gasteiger charge is -2.09. The van der Waals surface area contributed by atoms with E-state index in [2.05, 4.69) is 26.6 Å². The Kier molecular flexibility index (Phi) is 4.42. The number of nitrogens with two attached hydrogens (primary N) is 1. The lowest BCUT2D eigenvalue weighted by atomic mass is 10.2. The summed E-state index contributed by atoms with van der Waals surface area (Å²) in [5.74, 6) is 0.0676. The summed E-state index contributed by atoms with van der Waals surface area (Å²) in [5.41, 5.74) is 6.73. The molecule has 19 heavy (non-hydrogen) atoms. The van der Waals surface area contributed by atoms with Gasteiger partial charge in [0, 0.05) is 24.7 Å². The van der Waals surface area contributed by atoms with E-state index in [9.17, 15) is 9.59 Å². The van der Waals surface area contributed by atoms with Crippen LogP contribution in [-0.2, 0) is 4.79 Å². The maximum atomic E-state index is 11.9. The molecule has 2 rings (SSSR count). The number of carbonyl (C=O) groups is 2. The summed E-state index contributed by atoms with van der Waals surface area (Å²) < 4.78 is 0.592. The molecule has 0 atom stereocenters. The molecule has 1 saturated carbocycles. The molecular formula is C13H16BrN3O2. The number of benzene rings is 1. The van der Waals surface area contributed by atoms with E-state index in [1.54, 1.807) is 18.2 Å². The number of halogens is 1. The molecule has 1 aliphatic rings. The van der Waals surface area contributed by atoms with Crippen molar-refractivity contribution >= 4 is 33.4 Å². The van der Waals surface area contributed by atoms with Crippen molar-refractivity contribution in [2.75, 3.05) is 18.8 Å². The van der Waals surface area contributed by atoms with Gasteiger partial charge < -0.3 is 16.4 Å². The van der Waals surface area contributed by atoms with Gasteiger partial charge in [0.1, 0.15) is 0 Å². The number of nitrogens with one attached hydrogen (secondary N) is 2. The summed E-state index contributed by atoms with van der Waals surface area (Å²) in [5, 5.41) is 5.53. The van der Waals surface area contributed by atoms with Crippen LogP contribution in [0.3, 0.4) is 0 Å². The first-order valence-corrected chi connectivity index (χ1v) is 6.99. The van der Waals surface area contributed by atoms with E-state index in [4.69, 9.17) is 5.73 Å². The molecule has 0 radical (unpaired) electrons. The van der Waals surface area contributed by atoms with E-state index in [1.807, 2.05) is 0 Å². The molecule has 5 nitrogen and oxygen atoms in total. The maximum Gasteiger partial charge on any atom is 0.252 e. The fourth-order valence-electron chi connectivity index (χ4n) is 1.67. The predicted molar refractivity (Wildman–Crippen MR) is 76.6 cm³/mol. The molecule has 0 bridgehead atoms. The molecule has 102 valence electrons. The highest BCUT2D eigenvalue weighted by Gasteiger charge is 2.28. The second-order valence-electron chi connectivity index (χ2n) is 4.53. The Morgan fingerprint density at radius 2 is 1.95 bits per heavy atom. The largest absolute Gasteiger partial charge is 0.398 e. The molecule has 0 saturated heterocycles. The van der Waals surface area contributed by atoms with E-state index in [0.29, 0.717) is 28.8 Å². The van der Waals surface area contributed by atoms with Crippen LogP contribution in [-0.4, -0.2) is 24.9 Å². The molecule has 2 amide bonds. The second-order valence-corrected chi connectivity index (χ2v) is 5.32. The molecule has 1 aromatic rings. The highest BCUT2D eigenvalue weighted by Crippen LogP contribution is 2.28. The topological polar surface area (TPSA) is 84.2 Å². The normalized spacial score (nSPS) is 13.9. The van der Waals surface area contributed by atoms with Gasteiger partial charge in [0.25, 0.3) is 5.91 Å². The van der Waals surface area contributed by atoms with Crippen LogP contribution in [0.15, 0.2) is 22.7 Å². The third-order valence-electron chi connectivity index (χ3n) is 2.93. The van der Waals surface area contributed by atoms with E-state index in [-0.39, 0.29) is 17.7 Å². The lowest BCUT2D eigenvalue weighted by molar-refractivity contribution is -0.122. The molecule has 1 aliphatic carbocycles. The zero-order valence-electron chi connectivity index (χ0n) is 10.4. The molecule has 6 heteroatoms. The molecule has 0 aliphatic heterocycles. The average molecular weight is 326 g/mol. The van der Waals surface area contributed by atoms with Gasteiger partial charge in [-0.25, -0.2) is 0 Å². The molecule has 4 N–H and O–H groups in total. The molecule has 1 aromatic carbocycles. The van der Waals surface area contributed by atoms with Gasteiger partial charge in [0.2, 0.25) is 5.91 Å². The first-order chi connectivity index (χ1) is 9.09. The standard InChI is InChI=1S/C13H16BrN3O2/c14-11-9(2-1-3-10(11)15)13(19)17-7-6-16-12(18)8-4-5-8/h1-3,8H,4-7,15H2,(H,16,18)(H,17,19). The fourth-order valence-corrected chi connectivity index (χ4v) is 2.12. The van der Waals surface area contributed by atoms with Crippen LogP contribution in [0.4, 0.5) is 5.69 Å². The van der Waals surface area contributed by atoms with Crippen molar-refractivity contribution in [2.45, 2.75) is 12.8 Å². The first kappa shape index (κ1) is 13.9. The van der Waals surface area contributed by atoms with E-state index < -0.39 is 0 Å². The van der Waals surface area contributed by atoms with Crippen molar-refractivity contribution in [3.05, 3.63) is 28.2 Å². The van der Waals surface area contributed by atoms with Crippen LogP contribution in [0.2, 0.25) is 0 Å². The Hall–Kier alpha value is -1.56. The Morgan fingerprint density at radius 3 is 2.63 bits per heavy atom. The number of rotatable bonds is 5. The predicted octanol–water partition coefficient (Wildman–Crippen LogP) is 1.29. The van der Waals surface area contributed by atoms with E-state index in [0.717, 1.165) is 12.8 Å². The monoisotopic (exact) mass is 325 g/mol. The number of anilines is 1. The van der Waals surface area contributed by atoms with Gasteiger partial charge in [0.05, 0.1) is 10.0 Å². The van der Waals surface area contributed by atoms with Crippen LogP contribution >= 0.6 is 15.9 Å². The van der Waals surface area contributed by atoms with Crippen LogP contribution < -0.4 is 16.4 Å². The first-order valence-electron chi connectivity index (χ1n) is 6.19. The van der Waals surface area contributed by atoms with Crippen molar-refractivity contribution in [3.8, 4) is 0 Å². The van der Waals surface area contributed by atoms with Gasteiger partial charge in [-0.3, -0.25) is 9.59 Å². The van der Waals surface area contributed by atoms with Crippen molar-refractivity contribution in [1.29, 1.82) is 0 Å². The van der Waals surface area contributed by atoms with Crippen molar-refractivity contribution in [1.82, 2.24) is 10.6 Å².